The summed E-state index contributed by atoms with van der Waals surface area (Å²) in [5.41, 5.74) is 2.27. The lowest BCUT2D eigenvalue weighted by Gasteiger charge is -2.31. The summed E-state index contributed by atoms with van der Waals surface area (Å²) >= 11 is 1.59. The molecule has 1 saturated heterocycles. The van der Waals surface area contributed by atoms with E-state index in [1.807, 2.05) is 34.3 Å². The quantitative estimate of drug-likeness (QED) is 0.349. The van der Waals surface area contributed by atoms with Crippen LogP contribution in [0.25, 0.3) is 0 Å². The molecule has 10 nitrogen and oxygen atoms in total. The molecule has 204 valence electrons. The van der Waals surface area contributed by atoms with Crippen molar-refractivity contribution in [3.63, 3.8) is 0 Å². The van der Waals surface area contributed by atoms with E-state index in [0.29, 0.717) is 50.2 Å². The minimum atomic E-state index is -0.722. The number of aromatic amines is 1. The monoisotopic (exact) mass is 540 g/mol. The smallest absolute Gasteiger partial charge is 0.328 e. The Balaban J connectivity index is 1.71. The lowest BCUT2D eigenvalue weighted by molar-refractivity contribution is -0.145. The number of likely N-dealkylation sites (tertiary alicyclic amines) is 1. The predicted octanol–water partition coefficient (Wildman–Crippen LogP) is 2.12. The van der Waals surface area contributed by atoms with Crippen LogP contribution in [0.3, 0.4) is 0 Å². The second-order valence-corrected chi connectivity index (χ2v) is 10.3. The lowest BCUT2D eigenvalue weighted by Crippen LogP contribution is -2.49. The number of nitrogens with zero attached hydrogens (tertiary/aromatic N) is 4. The maximum absolute atomic E-state index is 13.1. The van der Waals surface area contributed by atoms with Crippen LogP contribution in [0.1, 0.15) is 42.5 Å². The number of imidazole rings is 1. The van der Waals surface area contributed by atoms with Crippen molar-refractivity contribution < 1.29 is 19.1 Å². The fourth-order valence-corrected chi connectivity index (χ4v) is 5.19. The van der Waals surface area contributed by atoms with Gasteiger partial charge in [0, 0.05) is 44.0 Å². The van der Waals surface area contributed by atoms with Gasteiger partial charge in [0.15, 0.2) is 0 Å². The first-order valence-electron chi connectivity index (χ1n) is 12.8. The van der Waals surface area contributed by atoms with Crippen LogP contribution in [0, 0.1) is 11.3 Å². The Labute approximate surface area is 228 Å². The Bertz CT molecular complexity index is 1100. The Kier molecular flexibility index (Phi) is 11.6. The number of methoxy groups -OCH3 is 1. The van der Waals surface area contributed by atoms with E-state index >= 15 is 0 Å². The number of amides is 2. The fraction of sp³-hybridized carbons (Fsp3) is 0.519. The molecule has 0 saturated carbocycles. The van der Waals surface area contributed by atoms with Crippen LogP contribution in [0.15, 0.2) is 36.8 Å². The average Bonchev–Trinajstić information content (AvgIpc) is 3.62. The van der Waals surface area contributed by atoms with Gasteiger partial charge in [-0.3, -0.25) is 14.5 Å². The number of H-pyrrole nitrogens is 1. The summed E-state index contributed by atoms with van der Waals surface area (Å²) in [5, 5.41) is 12.4. The second-order valence-electron chi connectivity index (χ2n) is 9.32. The number of carbonyl (C=O) groups is 3. The largest absolute Gasteiger partial charge is 0.467 e. The third kappa shape index (κ3) is 8.60. The Hall–Kier alpha value is -3.36. The summed E-state index contributed by atoms with van der Waals surface area (Å²) in [5.74, 6) is 0.00759. The standard InChI is InChI=1S/C27H36N6O4S/c1-37-27(36)24(11-13-38-2)31-25(34)18-32(16-21-7-4-3-6-20(21)14-28)17-23-8-5-12-33(23)26(35)10-9-22-15-29-19-30-22/h3-4,6-7,15,19,23-24H,5,8-13,16-18H2,1-2H3,(H,29,30)(H,31,34)/t23-,24-/m0/s1. The third-order valence-corrected chi connectivity index (χ3v) is 7.30. The molecule has 2 N–H and O–H groups in total. The zero-order valence-corrected chi connectivity index (χ0v) is 22.8. The molecule has 1 aliphatic heterocycles. The lowest BCUT2D eigenvalue weighted by atomic mass is 10.1. The van der Waals surface area contributed by atoms with Crippen LogP contribution < -0.4 is 5.32 Å². The zero-order valence-electron chi connectivity index (χ0n) is 22.0. The highest BCUT2D eigenvalue weighted by Gasteiger charge is 2.31. The number of hydrogen-bond acceptors (Lipinski definition) is 8. The highest BCUT2D eigenvalue weighted by Crippen LogP contribution is 2.21. The van der Waals surface area contributed by atoms with E-state index in [4.69, 9.17) is 4.74 Å². The maximum atomic E-state index is 13.1. The van der Waals surface area contributed by atoms with Crippen molar-refractivity contribution >= 4 is 29.5 Å². The first-order valence-corrected chi connectivity index (χ1v) is 14.2. The molecule has 0 unspecified atom stereocenters. The number of thioether (sulfide) groups is 1. The van der Waals surface area contributed by atoms with Gasteiger partial charge in [0.1, 0.15) is 6.04 Å². The molecule has 0 bridgehead atoms. The van der Waals surface area contributed by atoms with Crippen LogP contribution in [0.4, 0.5) is 0 Å². The van der Waals surface area contributed by atoms with Crippen molar-refractivity contribution in [3.8, 4) is 6.07 Å². The molecule has 2 amide bonds. The SMILES string of the molecule is COC(=O)[C@H](CCSC)NC(=O)CN(Cc1ccccc1C#N)C[C@@H]1CCCN1C(=O)CCc1cnc[nH]1. The molecule has 3 rings (SSSR count). The molecule has 2 aromatic rings. The minimum absolute atomic E-state index is 0.0270. The van der Waals surface area contributed by atoms with Gasteiger partial charge in [-0.2, -0.15) is 17.0 Å². The normalized spacial score (nSPS) is 15.7. The number of esters is 1. The molecule has 1 fully saturated rings. The van der Waals surface area contributed by atoms with Crippen molar-refractivity contribution in [1.29, 1.82) is 5.26 Å². The average molecular weight is 541 g/mol. The summed E-state index contributed by atoms with van der Waals surface area (Å²) in [6, 6.07) is 8.76. The molecule has 2 heterocycles. The van der Waals surface area contributed by atoms with Crippen molar-refractivity contribution in [2.75, 3.05) is 38.8 Å². The van der Waals surface area contributed by atoms with Gasteiger partial charge in [0.2, 0.25) is 11.8 Å². The molecule has 0 radical (unpaired) electrons. The van der Waals surface area contributed by atoms with Gasteiger partial charge in [-0.1, -0.05) is 18.2 Å². The van der Waals surface area contributed by atoms with E-state index in [-0.39, 0.29) is 24.4 Å². The van der Waals surface area contributed by atoms with Crippen molar-refractivity contribution in [1.82, 2.24) is 25.1 Å². The van der Waals surface area contributed by atoms with Gasteiger partial charge in [0.25, 0.3) is 0 Å². The summed E-state index contributed by atoms with van der Waals surface area (Å²) in [6.07, 6.45) is 8.45. The first kappa shape index (κ1) is 29.2. The number of rotatable bonds is 14. The van der Waals surface area contributed by atoms with Crippen molar-refractivity contribution in [2.45, 2.75) is 50.7 Å². The van der Waals surface area contributed by atoms with Gasteiger partial charge < -0.3 is 19.9 Å². The van der Waals surface area contributed by atoms with Crippen LogP contribution in [-0.2, 0) is 32.1 Å². The molecule has 2 atom stereocenters. The van der Waals surface area contributed by atoms with E-state index in [2.05, 4.69) is 21.4 Å². The highest BCUT2D eigenvalue weighted by atomic mass is 32.2. The number of hydrogen-bond donors (Lipinski definition) is 2. The molecule has 0 aliphatic carbocycles. The first-order chi connectivity index (χ1) is 18.4. The van der Waals surface area contributed by atoms with Crippen molar-refractivity contribution in [3.05, 3.63) is 53.6 Å². The summed E-state index contributed by atoms with van der Waals surface area (Å²) in [6.45, 7) is 1.56. The van der Waals surface area contributed by atoms with E-state index in [9.17, 15) is 19.6 Å². The van der Waals surface area contributed by atoms with Gasteiger partial charge in [-0.05, 0) is 49.3 Å². The molecule has 38 heavy (non-hydrogen) atoms. The van der Waals surface area contributed by atoms with Gasteiger partial charge >= 0.3 is 5.97 Å². The van der Waals surface area contributed by atoms with Gasteiger partial charge in [0.05, 0.1) is 31.6 Å². The van der Waals surface area contributed by atoms with Crippen LogP contribution >= 0.6 is 11.8 Å². The summed E-state index contributed by atoms with van der Waals surface area (Å²) < 4.78 is 4.88. The van der Waals surface area contributed by atoms with Crippen LogP contribution in [-0.4, -0.2) is 88.4 Å². The number of nitriles is 1. The van der Waals surface area contributed by atoms with Gasteiger partial charge in [-0.25, -0.2) is 9.78 Å². The minimum Gasteiger partial charge on any atom is -0.467 e. The number of ether oxygens (including phenoxy) is 1. The van der Waals surface area contributed by atoms with Crippen molar-refractivity contribution in [2.24, 2.45) is 0 Å². The number of aryl methyl sites for hydroxylation is 1. The fourth-order valence-electron chi connectivity index (χ4n) is 4.72. The van der Waals surface area contributed by atoms with E-state index < -0.39 is 12.0 Å². The number of aromatic nitrogens is 2. The summed E-state index contributed by atoms with van der Waals surface area (Å²) in [7, 11) is 1.31. The Morgan fingerprint density at radius 3 is 2.89 bits per heavy atom. The van der Waals surface area contributed by atoms with E-state index in [1.165, 1.54) is 7.11 Å². The predicted molar refractivity (Wildman–Crippen MR) is 145 cm³/mol. The molecule has 0 spiro atoms. The molecular weight excluding hydrogens is 504 g/mol. The van der Waals surface area contributed by atoms with E-state index in [0.717, 1.165) is 24.1 Å². The molecule has 1 aromatic heterocycles. The summed E-state index contributed by atoms with van der Waals surface area (Å²) in [4.78, 5) is 49.3. The topological polar surface area (TPSA) is 131 Å². The van der Waals surface area contributed by atoms with Crippen LogP contribution in [0.5, 0.6) is 0 Å². The van der Waals surface area contributed by atoms with Gasteiger partial charge in [-0.15, -0.1) is 0 Å². The molecular formula is C27H36N6O4S. The van der Waals surface area contributed by atoms with Crippen LogP contribution in [0.2, 0.25) is 0 Å². The van der Waals surface area contributed by atoms with E-state index in [1.54, 1.807) is 30.4 Å². The molecule has 11 heteroatoms. The number of nitrogens with one attached hydrogen (secondary N) is 2. The third-order valence-electron chi connectivity index (χ3n) is 6.66. The number of carbonyl (C=O) groups excluding carboxylic acids is 3. The zero-order chi connectivity index (χ0) is 27.3. The molecule has 1 aromatic carbocycles. The number of benzene rings is 1. The highest BCUT2D eigenvalue weighted by molar-refractivity contribution is 7.98. The maximum Gasteiger partial charge on any atom is 0.328 e. The Morgan fingerprint density at radius 2 is 2.18 bits per heavy atom. The molecule has 1 aliphatic rings. The Morgan fingerprint density at radius 1 is 1.37 bits per heavy atom. The second kappa shape index (κ2) is 15.1.